The van der Waals surface area contributed by atoms with Crippen LogP contribution in [0.25, 0.3) is 0 Å². The van der Waals surface area contributed by atoms with Gasteiger partial charge in [0.2, 0.25) is 0 Å². The van der Waals surface area contributed by atoms with E-state index >= 15 is 0 Å². The van der Waals surface area contributed by atoms with E-state index in [4.69, 9.17) is 9.47 Å². The molecule has 1 aliphatic rings. The molecule has 0 saturated carbocycles. The number of nitrogens with zero attached hydrogens (tertiary/aromatic N) is 2. The van der Waals surface area contributed by atoms with Crippen molar-refractivity contribution in [3.8, 4) is 0 Å². The summed E-state index contributed by atoms with van der Waals surface area (Å²) in [7, 11) is 3.65. The molecule has 1 amide bonds. The van der Waals surface area contributed by atoms with Crippen LogP contribution in [0.5, 0.6) is 0 Å². The molecular formula is C18H22N2O3. The monoisotopic (exact) mass is 314 g/mol. The van der Waals surface area contributed by atoms with Gasteiger partial charge in [0.05, 0.1) is 25.9 Å². The van der Waals surface area contributed by atoms with E-state index in [1.165, 1.54) is 0 Å². The third kappa shape index (κ3) is 3.30. The first kappa shape index (κ1) is 15.8. The number of hydrogen-bond acceptors (Lipinski definition) is 3. The van der Waals surface area contributed by atoms with Crippen molar-refractivity contribution < 1.29 is 14.3 Å². The number of methoxy groups -OCH3 is 1. The van der Waals surface area contributed by atoms with E-state index in [-0.39, 0.29) is 11.9 Å². The van der Waals surface area contributed by atoms with E-state index in [9.17, 15) is 4.79 Å². The minimum absolute atomic E-state index is 0.0393. The molecule has 3 rings (SSSR count). The van der Waals surface area contributed by atoms with Crippen LogP contribution in [0, 0.1) is 0 Å². The summed E-state index contributed by atoms with van der Waals surface area (Å²) in [6.07, 6.45) is 1.99. The lowest BCUT2D eigenvalue weighted by Crippen LogP contribution is -2.44. The molecule has 1 fully saturated rings. The van der Waals surface area contributed by atoms with E-state index in [0.29, 0.717) is 31.9 Å². The highest BCUT2D eigenvalue weighted by molar-refractivity contribution is 5.94. The van der Waals surface area contributed by atoms with Crippen LogP contribution in [-0.4, -0.2) is 42.2 Å². The van der Waals surface area contributed by atoms with Crippen LogP contribution in [0.1, 0.15) is 27.7 Å². The van der Waals surface area contributed by atoms with Gasteiger partial charge in [0.15, 0.2) is 0 Å². The average Bonchev–Trinajstić information content (AvgIpc) is 3.01. The highest BCUT2D eigenvalue weighted by Crippen LogP contribution is 2.26. The Kier molecular flexibility index (Phi) is 4.79. The number of carbonyl (C=O) groups excluding carboxylic acids is 1. The Morgan fingerprint density at radius 1 is 1.35 bits per heavy atom. The Balaban J connectivity index is 1.87. The number of hydrogen-bond donors (Lipinski definition) is 0. The van der Waals surface area contributed by atoms with Crippen LogP contribution >= 0.6 is 0 Å². The van der Waals surface area contributed by atoms with Gasteiger partial charge in [-0.2, -0.15) is 0 Å². The molecule has 122 valence electrons. The van der Waals surface area contributed by atoms with E-state index in [1.54, 1.807) is 7.11 Å². The minimum Gasteiger partial charge on any atom is -0.380 e. The molecule has 2 heterocycles. The first-order chi connectivity index (χ1) is 11.2. The molecule has 1 aromatic heterocycles. The van der Waals surface area contributed by atoms with Crippen LogP contribution < -0.4 is 0 Å². The fourth-order valence-electron chi connectivity index (χ4n) is 3.04. The molecule has 0 unspecified atom stereocenters. The predicted octanol–water partition coefficient (Wildman–Crippen LogP) is 2.39. The zero-order valence-corrected chi connectivity index (χ0v) is 13.6. The van der Waals surface area contributed by atoms with Gasteiger partial charge >= 0.3 is 0 Å². The van der Waals surface area contributed by atoms with Crippen LogP contribution in [0.2, 0.25) is 0 Å². The summed E-state index contributed by atoms with van der Waals surface area (Å²) in [5.74, 6) is 0.0393. The second kappa shape index (κ2) is 6.98. The van der Waals surface area contributed by atoms with Crippen molar-refractivity contribution in [3.05, 3.63) is 59.4 Å². The fraction of sp³-hybridized carbons (Fsp3) is 0.389. The Bertz CT molecular complexity index is 680. The SMILES string of the molecule is COCc1cccc(C(=O)N2CCOC[C@H]2c2cccn2C)c1. The van der Waals surface area contributed by atoms with Crippen molar-refractivity contribution in [2.45, 2.75) is 12.6 Å². The molecule has 1 aromatic carbocycles. The number of morpholine rings is 1. The fourth-order valence-corrected chi connectivity index (χ4v) is 3.04. The molecule has 0 spiro atoms. The van der Waals surface area contributed by atoms with Crippen LogP contribution in [0.3, 0.4) is 0 Å². The Morgan fingerprint density at radius 2 is 2.22 bits per heavy atom. The molecule has 0 N–H and O–H groups in total. The van der Waals surface area contributed by atoms with Crippen molar-refractivity contribution in [2.75, 3.05) is 26.9 Å². The maximum Gasteiger partial charge on any atom is 0.254 e. The molecule has 2 aromatic rings. The van der Waals surface area contributed by atoms with Crippen molar-refractivity contribution in [3.63, 3.8) is 0 Å². The lowest BCUT2D eigenvalue weighted by atomic mass is 10.1. The number of rotatable bonds is 4. The second-order valence-electron chi connectivity index (χ2n) is 5.77. The largest absolute Gasteiger partial charge is 0.380 e. The highest BCUT2D eigenvalue weighted by Gasteiger charge is 2.30. The van der Waals surface area contributed by atoms with Gasteiger partial charge in [-0.05, 0) is 29.8 Å². The van der Waals surface area contributed by atoms with Crippen molar-refractivity contribution in [1.29, 1.82) is 0 Å². The number of carbonyl (C=O) groups is 1. The highest BCUT2D eigenvalue weighted by atomic mass is 16.5. The van der Waals surface area contributed by atoms with Crippen molar-refractivity contribution >= 4 is 5.91 Å². The predicted molar refractivity (Wildman–Crippen MR) is 87.2 cm³/mol. The van der Waals surface area contributed by atoms with Crippen LogP contribution in [-0.2, 0) is 23.1 Å². The summed E-state index contributed by atoms with van der Waals surface area (Å²) in [6, 6.07) is 11.6. The summed E-state index contributed by atoms with van der Waals surface area (Å²) in [4.78, 5) is 14.9. The number of amides is 1. The lowest BCUT2D eigenvalue weighted by Gasteiger charge is -2.36. The number of ether oxygens (including phenoxy) is 2. The Morgan fingerprint density at radius 3 is 2.96 bits per heavy atom. The summed E-state index contributed by atoms with van der Waals surface area (Å²) in [5, 5.41) is 0. The van der Waals surface area contributed by atoms with Gasteiger partial charge in [0, 0.05) is 38.2 Å². The summed E-state index contributed by atoms with van der Waals surface area (Å²) < 4.78 is 12.8. The van der Waals surface area contributed by atoms with Gasteiger partial charge in [-0.25, -0.2) is 0 Å². The molecule has 23 heavy (non-hydrogen) atoms. The topological polar surface area (TPSA) is 43.7 Å². The first-order valence-corrected chi connectivity index (χ1v) is 7.78. The molecule has 1 aliphatic heterocycles. The maximum atomic E-state index is 13.0. The molecule has 0 bridgehead atoms. The van der Waals surface area contributed by atoms with Gasteiger partial charge in [-0.3, -0.25) is 4.79 Å². The average molecular weight is 314 g/mol. The zero-order valence-electron chi connectivity index (χ0n) is 13.6. The first-order valence-electron chi connectivity index (χ1n) is 7.78. The van der Waals surface area contributed by atoms with Gasteiger partial charge in [0.1, 0.15) is 0 Å². The summed E-state index contributed by atoms with van der Waals surface area (Å²) in [5.41, 5.74) is 2.79. The number of aromatic nitrogens is 1. The normalized spacial score (nSPS) is 18.2. The third-order valence-electron chi connectivity index (χ3n) is 4.20. The van der Waals surface area contributed by atoms with Crippen molar-refractivity contribution in [1.82, 2.24) is 9.47 Å². The Hall–Kier alpha value is -2.11. The smallest absolute Gasteiger partial charge is 0.254 e. The molecule has 1 atom stereocenters. The van der Waals surface area contributed by atoms with E-state index < -0.39 is 0 Å². The molecule has 0 radical (unpaired) electrons. The lowest BCUT2D eigenvalue weighted by molar-refractivity contribution is -0.00464. The van der Waals surface area contributed by atoms with E-state index in [1.807, 2.05) is 59.1 Å². The quantitative estimate of drug-likeness (QED) is 0.870. The zero-order chi connectivity index (χ0) is 16.2. The minimum atomic E-state index is -0.0534. The molecule has 5 heteroatoms. The van der Waals surface area contributed by atoms with Gasteiger partial charge in [-0.1, -0.05) is 12.1 Å². The maximum absolute atomic E-state index is 13.0. The number of benzene rings is 1. The molecule has 0 aliphatic carbocycles. The molecule has 5 nitrogen and oxygen atoms in total. The third-order valence-corrected chi connectivity index (χ3v) is 4.20. The summed E-state index contributed by atoms with van der Waals surface area (Å²) in [6.45, 7) is 2.21. The van der Waals surface area contributed by atoms with Gasteiger partial charge in [0.25, 0.3) is 5.91 Å². The number of aryl methyl sites for hydroxylation is 1. The van der Waals surface area contributed by atoms with E-state index in [0.717, 1.165) is 11.3 Å². The Labute approximate surface area is 136 Å². The van der Waals surface area contributed by atoms with Gasteiger partial charge in [-0.15, -0.1) is 0 Å². The van der Waals surface area contributed by atoms with Gasteiger partial charge < -0.3 is 18.9 Å². The summed E-state index contributed by atoms with van der Waals surface area (Å²) >= 11 is 0. The second-order valence-corrected chi connectivity index (χ2v) is 5.77. The molecular weight excluding hydrogens is 292 g/mol. The van der Waals surface area contributed by atoms with Crippen LogP contribution in [0.15, 0.2) is 42.6 Å². The van der Waals surface area contributed by atoms with Crippen molar-refractivity contribution in [2.24, 2.45) is 7.05 Å². The van der Waals surface area contributed by atoms with E-state index in [2.05, 4.69) is 0 Å². The molecule has 1 saturated heterocycles. The standard InChI is InChI=1S/C18H22N2O3/c1-19-8-4-7-16(19)17-13-23-10-9-20(17)18(21)15-6-3-5-14(11-15)12-22-2/h3-8,11,17H,9-10,12-13H2,1-2H3/t17-/m0/s1. The van der Waals surface area contributed by atoms with Crippen LogP contribution in [0.4, 0.5) is 0 Å².